The van der Waals surface area contributed by atoms with Crippen LogP contribution in [0.2, 0.25) is 10.0 Å². The summed E-state index contributed by atoms with van der Waals surface area (Å²) in [5, 5.41) is 1.98. The van der Waals surface area contributed by atoms with E-state index in [1.54, 1.807) is 0 Å². The molecule has 2 saturated heterocycles. The van der Waals surface area contributed by atoms with E-state index in [0.29, 0.717) is 47.7 Å². The van der Waals surface area contributed by atoms with Gasteiger partial charge < -0.3 is 9.74 Å². The lowest BCUT2D eigenvalue weighted by Gasteiger charge is -2.39. The summed E-state index contributed by atoms with van der Waals surface area (Å²) in [5.41, 5.74) is 2.16. The number of benzene rings is 2. The van der Waals surface area contributed by atoms with E-state index in [4.69, 9.17) is 28.0 Å². The topological polar surface area (TPSA) is 70.2 Å². The molecule has 2 aliphatic heterocycles. The molecule has 2 aromatic rings. The van der Waals surface area contributed by atoms with E-state index in [0.717, 1.165) is 17.5 Å². The van der Waals surface area contributed by atoms with Gasteiger partial charge in [-0.25, -0.2) is 4.79 Å². The van der Waals surface area contributed by atoms with E-state index < -0.39 is 23.8 Å². The number of nitrogens with zero attached hydrogens (tertiary/aromatic N) is 3. The Kier molecular flexibility index (Phi) is 7.76. The maximum atomic E-state index is 12.7. The van der Waals surface area contributed by atoms with Crippen molar-refractivity contribution in [2.75, 3.05) is 26.2 Å². The molecule has 180 valence electrons. The summed E-state index contributed by atoms with van der Waals surface area (Å²) >= 11 is 12.2. The molecule has 0 bridgehead atoms. The molecule has 0 aromatic heterocycles. The average molecular weight is 504 g/mol. The van der Waals surface area contributed by atoms with Gasteiger partial charge in [-0.05, 0) is 41.8 Å². The molecule has 3 amide bonds. The molecule has 2 aliphatic rings. The first-order chi connectivity index (χ1) is 16.4. The van der Waals surface area contributed by atoms with Crippen molar-refractivity contribution in [2.24, 2.45) is 5.92 Å². The first-order valence-electron chi connectivity index (χ1n) is 11.5. The van der Waals surface area contributed by atoms with E-state index in [1.807, 2.05) is 55.5 Å². The Morgan fingerprint density at radius 2 is 1.47 bits per heavy atom. The van der Waals surface area contributed by atoms with Crippen molar-refractivity contribution in [1.82, 2.24) is 14.9 Å². The SMILES string of the molecule is CCCC1CC(=O)N(OC(=O)N2CCN(C(c3ccc(Cl)cc3)c3ccc(Cl)cc3)CC2)C1=O. The molecule has 2 aromatic carbocycles. The van der Waals surface area contributed by atoms with Gasteiger partial charge in [0.2, 0.25) is 0 Å². The van der Waals surface area contributed by atoms with Crippen molar-refractivity contribution in [2.45, 2.75) is 32.2 Å². The second-order valence-corrected chi connectivity index (χ2v) is 9.47. The van der Waals surface area contributed by atoms with Gasteiger partial charge in [-0.15, -0.1) is 5.06 Å². The van der Waals surface area contributed by atoms with Gasteiger partial charge in [-0.1, -0.05) is 60.8 Å². The molecular weight excluding hydrogens is 477 g/mol. The van der Waals surface area contributed by atoms with E-state index in [2.05, 4.69) is 4.90 Å². The highest BCUT2D eigenvalue weighted by molar-refractivity contribution is 6.30. The zero-order valence-electron chi connectivity index (χ0n) is 19.0. The van der Waals surface area contributed by atoms with Gasteiger partial charge in [0.1, 0.15) is 0 Å². The molecule has 4 rings (SSSR count). The minimum absolute atomic E-state index is 0.0377. The van der Waals surface area contributed by atoms with E-state index in [-0.39, 0.29) is 12.5 Å². The monoisotopic (exact) mass is 503 g/mol. The summed E-state index contributed by atoms with van der Waals surface area (Å²) in [6, 6.07) is 15.4. The van der Waals surface area contributed by atoms with Gasteiger partial charge in [0, 0.05) is 42.6 Å². The Bertz CT molecular complexity index is 992. The second-order valence-electron chi connectivity index (χ2n) is 8.60. The number of hydrogen-bond donors (Lipinski definition) is 0. The lowest BCUT2D eigenvalue weighted by Crippen LogP contribution is -2.51. The van der Waals surface area contributed by atoms with Crippen LogP contribution in [0.5, 0.6) is 0 Å². The molecule has 9 heteroatoms. The number of imide groups is 1. The van der Waals surface area contributed by atoms with Crippen LogP contribution in [0.25, 0.3) is 0 Å². The smallest absolute Gasteiger partial charge is 0.311 e. The molecule has 0 saturated carbocycles. The average Bonchev–Trinajstić information content (AvgIpc) is 3.10. The maximum absolute atomic E-state index is 12.7. The molecule has 34 heavy (non-hydrogen) atoms. The molecule has 0 spiro atoms. The van der Waals surface area contributed by atoms with Gasteiger partial charge >= 0.3 is 6.09 Å². The van der Waals surface area contributed by atoms with Crippen molar-refractivity contribution in [3.8, 4) is 0 Å². The van der Waals surface area contributed by atoms with E-state index >= 15 is 0 Å². The molecule has 7 nitrogen and oxygen atoms in total. The van der Waals surface area contributed by atoms with Crippen LogP contribution < -0.4 is 0 Å². The summed E-state index contributed by atoms with van der Waals surface area (Å²) < 4.78 is 0. The molecule has 2 heterocycles. The number of carbonyl (C=O) groups is 3. The standard InChI is InChI=1S/C25H27Cl2N3O4/c1-2-3-19-16-22(31)30(24(19)32)34-25(33)29-14-12-28(13-15-29)23(17-4-8-20(26)9-5-17)18-6-10-21(27)11-7-18/h4-11,19,23H,2-3,12-16H2,1H3. The summed E-state index contributed by atoms with van der Waals surface area (Å²) in [7, 11) is 0. The predicted octanol–water partition coefficient (Wildman–Crippen LogP) is 4.93. The molecule has 2 fully saturated rings. The van der Waals surface area contributed by atoms with Crippen LogP contribution >= 0.6 is 23.2 Å². The zero-order valence-corrected chi connectivity index (χ0v) is 20.5. The first kappa shape index (κ1) is 24.5. The molecule has 0 aliphatic carbocycles. The van der Waals surface area contributed by atoms with Crippen molar-refractivity contribution >= 4 is 41.1 Å². The highest BCUT2D eigenvalue weighted by atomic mass is 35.5. The number of halogens is 2. The Hall–Kier alpha value is -2.61. The highest BCUT2D eigenvalue weighted by Crippen LogP contribution is 2.31. The lowest BCUT2D eigenvalue weighted by atomic mass is 9.96. The molecule has 0 N–H and O–H groups in total. The number of piperazine rings is 1. The lowest BCUT2D eigenvalue weighted by molar-refractivity contribution is -0.175. The number of rotatable bonds is 6. The van der Waals surface area contributed by atoms with Gasteiger partial charge in [0.15, 0.2) is 0 Å². The quantitative estimate of drug-likeness (QED) is 0.522. The predicted molar refractivity (Wildman–Crippen MR) is 129 cm³/mol. The fraction of sp³-hybridized carbons (Fsp3) is 0.400. The second kappa shape index (κ2) is 10.8. The third-order valence-corrected chi connectivity index (χ3v) is 6.82. The van der Waals surface area contributed by atoms with Gasteiger partial charge in [-0.2, -0.15) is 0 Å². The van der Waals surface area contributed by atoms with Crippen LogP contribution in [0.4, 0.5) is 4.79 Å². The van der Waals surface area contributed by atoms with Crippen LogP contribution in [0.15, 0.2) is 48.5 Å². The summed E-state index contributed by atoms with van der Waals surface area (Å²) in [6.45, 7) is 3.94. The fourth-order valence-corrected chi connectivity index (χ4v) is 4.79. The van der Waals surface area contributed by atoms with E-state index in [9.17, 15) is 14.4 Å². The zero-order chi connectivity index (χ0) is 24.2. The summed E-state index contributed by atoms with van der Waals surface area (Å²) in [5.74, 6) is -1.29. The van der Waals surface area contributed by atoms with Gasteiger partial charge in [0.25, 0.3) is 11.8 Å². The Morgan fingerprint density at radius 3 is 1.97 bits per heavy atom. The van der Waals surface area contributed by atoms with Crippen LogP contribution in [-0.2, 0) is 14.4 Å². The Labute approximate surface area is 209 Å². The van der Waals surface area contributed by atoms with Gasteiger partial charge in [0.05, 0.1) is 12.0 Å². The minimum Gasteiger partial charge on any atom is -0.311 e. The summed E-state index contributed by atoms with van der Waals surface area (Å²) in [4.78, 5) is 46.3. The van der Waals surface area contributed by atoms with Crippen LogP contribution in [0.3, 0.4) is 0 Å². The molecule has 1 unspecified atom stereocenters. The van der Waals surface area contributed by atoms with Crippen molar-refractivity contribution in [1.29, 1.82) is 0 Å². The summed E-state index contributed by atoms with van der Waals surface area (Å²) in [6.07, 6.45) is 0.814. The van der Waals surface area contributed by atoms with Crippen molar-refractivity contribution in [3.05, 3.63) is 69.7 Å². The van der Waals surface area contributed by atoms with E-state index in [1.165, 1.54) is 4.90 Å². The maximum Gasteiger partial charge on any atom is 0.434 e. The van der Waals surface area contributed by atoms with Crippen LogP contribution in [-0.4, -0.2) is 58.9 Å². The van der Waals surface area contributed by atoms with Crippen molar-refractivity contribution < 1.29 is 19.2 Å². The number of hydroxylamine groups is 2. The largest absolute Gasteiger partial charge is 0.434 e. The molecular formula is C25H27Cl2N3O4. The Balaban J connectivity index is 1.43. The van der Waals surface area contributed by atoms with Crippen LogP contribution in [0, 0.1) is 5.92 Å². The normalized spacial score (nSPS) is 19.2. The minimum atomic E-state index is -0.673. The Morgan fingerprint density at radius 1 is 0.941 bits per heavy atom. The third-order valence-electron chi connectivity index (χ3n) is 6.31. The number of amides is 3. The number of carbonyl (C=O) groups excluding carboxylic acids is 3. The third kappa shape index (κ3) is 5.37. The fourth-order valence-electron chi connectivity index (χ4n) is 4.54. The van der Waals surface area contributed by atoms with Crippen molar-refractivity contribution in [3.63, 3.8) is 0 Å². The molecule has 1 atom stereocenters. The first-order valence-corrected chi connectivity index (χ1v) is 12.2. The van der Waals surface area contributed by atoms with Gasteiger partial charge in [-0.3, -0.25) is 14.5 Å². The highest BCUT2D eigenvalue weighted by Gasteiger charge is 2.42. The van der Waals surface area contributed by atoms with Crippen LogP contribution in [0.1, 0.15) is 43.4 Å². The number of hydrogen-bond acceptors (Lipinski definition) is 5. The molecule has 0 radical (unpaired) electrons.